The highest BCUT2D eigenvalue weighted by atomic mass is 16.3. The monoisotopic (exact) mass is 407 g/mol. The van der Waals surface area contributed by atoms with Crippen LogP contribution in [0.25, 0.3) is 0 Å². The van der Waals surface area contributed by atoms with Crippen molar-refractivity contribution in [2.45, 2.75) is 57.3 Å². The van der Waals surface area contributed by atoms with Gasteiger partial charge in [-0.2, -0.15) is 0 Å². The zero-order valence-electron chi connectivity index (χ0n) is 17.6. The number of amides is 2. The molecule has 1 heterocycles. The Morgan fingerprint density at radius 1 is 1.03 bits per heavy atom. The third-order valence-corrected chi connectivity index (χ3v) is 6.50. The number of rotatable bonds is 8. The number of aliphatic hydroxyl groups is 1. The van der Waals surface area contributed by atoms with E-state index in [-0.39, 0.29) is 18.2 Å². The highest BCUT2D eigenvalue weighted by Crippen LogP contribution is 2.34. The van der Waals surface area contributed by atoms with Gasteiger partial charge in [-0.1, -0.05) is 73.9 Å². The molecule has 2 aliphatic rings. The molecule has 2 atom stereocenters. The van der Waals surface area contributed by atoms with Crippen molar-refractivity contribution in [1.82, 2.24) is 15.5 Å². The molecule has 30 heavy (non-hydrogen) atoms. The molecule has 1 aliphatic carbocycles. The summed E-state index contributed by atoms with van der Waals surface area (Å²) in [4.78, 5) is 15.0. The van der Waals surface area contributed by atoms with E-state index < -0.39 is 0 Å². The molecule has 1 aliphatic heterocycles. The van der Waals surface area contributed by atoms with Gasteiger partial charge in [0, 0.05) is 26.2 Å². The lowest BCUT2D eigenvalue weighted by molar-refractivity contribution is 0.174. The molecule has 160 valence electrons. The standard InChI is InChI=1S/C25H33N3O2/c29-23-13-14-28(18-23)17-22-12-5-4-11-21(22)16-26-25(30)27-24(15-19-7-6-8-19)20-9-2-1-3-10-20/h1-5,9-12,19,23-24,29H,6-8,13-18H2,(H2,26,27,30). The zero-order chi connectivity index (χ0) is 20.8. The van der Waals surface area contributed by atoms with Gasteiger partial charge in [-0.15, -0.1) is 0 Å². The van der Waals surface area contributed by atoms with Crippen molar-refractivity contribution in [1.29, 1.82) is 0 Å². The van der Waals surface area contributed by atoms with Crippen LogP contribution in [0.2, 0.25) is 0 Å². The van der Waals surface area contributed by atoms with Gasteiger partial charge in [0.05, 0.1) is 12.1 Å². The molecule has 2 fully saturated rings. The van der Waals surface area contributed by atoms with E-state index in [9.17, 15) is 9.90 Å². The van der Waals surface area contributed by atoms with Crippen molar-refractivity contribution in [3.05, 3.63) is 71.3 Å². The van der Waals surface area contributed by atoms with Gasteiger partial charge in [0.1, 0.15) is 0 Å². The van der Waals surface area contributed by atoms with Crippen LogP contribution < -0.4 is 10.6 Å². The minimum Gasteiger partial charge on any atom is -0.392 e. The summed E-state index contributed by atoms with van der Waals surface area (Å²) >= 11 is 0. The van der Waals surface area contributed by atoms with Gasteiger partial charge in [-0.05, 0) is 35.4 Å². The number of aliphatic hydroxyl groups excluding tert-OH is 1. The average Bonchev–Trinajstić information content (AvgIpc) is 3.14. The van der Waals surface area contributed by atoms with Gasteiger partial charge in [0.25, 0.3) is 0 Å². The summed E-state index contributed by atoms with van der Waals surface area (Å²) < 4.78 is 0. The molecule has 2 aromatic rings. The summed E-state index contributed by atoms with van der Waals surface area (Å²) in [6.45, 7) is 2.96. The van der Waals surface area contributed by atoms with Crippen LogP contribution in [0.1, 0.15) is 54.8 Å². The fraction of sp³-hybridized carbons (Fsp3) is 0.480. The molecule has 4 rings (SSSR count). The first-order chi connectivity index (χ1) is 14.7. The Kier molecular flexibility index (Phi) is 7.03. The number of carbonyl (C=O) groups excluding carboxylic acids is 1. The van der Waals surface area contributed by atoms with Gasteiger partial charge < -0.3 is 15.7 Å². The fourth-order valence-electron chi connectivity index (χ4n) is 4.49. The van der Waals surface area contributed by atoms with Crippen LogP contribution in [0.15, 0.2) is 54.6 Å². The van der Waals surface area contributed by atoms with Crippen LogP contribution in [0, 0.1) is 5.92 Å². The second-order valence-corrected chi connectivity index (χ2v) is 8.77. The predicted molar refractivity (Wildman–Crippen MR) is 119 cm³/mol. The third kappa shape index (κ3) is 5.61. The lowest BCUT2D eigenvalue weighted by Crippen LogP contribution is -2.39. The summed E-state index contributed by atoms with van der Waals surface area (Å²) in [5.41, 5.74) is 3.51. The van der Waals surface area contributed by atoms with E-state index in [1.54, 1.807) is 0 Å². The molecule has 0 aromatic heterocycles. The first kappa shape index (κ1) is 20.9. The van der Waals surface area contributed by atoms with E-state index in [2.05, 4.69) is 39.8 Å². The maximum absolute atomic E-state index is 12.7. The molecule has 2 aromatic carbocycles. The molecular weight excluding hydrogens is 374 g/mol. The van der Waals surface area contributed by atoms with Crippen LogP contribution in [0.4, 0.5) is 4.79 Å². The van der Waals surface area contributed by atoms with Gasteiger partial charge in [-0.3, -0.25) is 4.90 Å². The number of nitrogens with zero attached hydrogens (tertiary/aromatic N) is 1. The largest absolute Gasteiger partial charge is 0.392 e. The number of hydrogen-bond donors (Lipinski definition) is 3. The Bertz CT molecular complexity index is 822. The number of nitrogens with one attached hydrogen (secondary N) is 2. The maximum atomic E-state index is 12.7. The summed E-state index contributed by atoms with van der Waals surface area (Å²) in [6, 6.07) is 18.5. The van der Waals surface area contributed by atoms with Crippen molar-refractivity contribution >= 4 is 6.03 Å². The quantitative estimate of drug-likeness (QED) is 0.620. The van der Waals surface area contributed by atoms with Crippen LogP contribution in [-0.4, -0.2) is 35.2 Å². The topological polar surface area (TPSA) is 64.6 Å². The molecule has 0 bridgehead atoms. The Hall–Kier alpha value is -2.37. The van der Waals surface area contributed by atoms with E-state index >= 15 is 0 Å². The number of urea groups is 1. The van der Waals surface area contributed by atoms with Crippen molar-refractivity contribution in [2.24, 2.45) is 5.92 Å². The third-order valence-electron chi connectivity index (χ3n) is 6.50. The Morgan fingerprint density at radius 2 is 1.77 bits per heavy atom. The van der Waals surface area contributed by atoms with E-state index in [0.29, 0.717) is 12.5 Å². The van der Waals surface area contributed by atoms with Crippen LogP contribution in [-0.2, 0) is 13.1 Å². The number of likely N-dealkylation sites (tertiary alicyclic amines) is 1. The van der Waals surface area contributed by atoms with Gasteiger partial charge in [0.2, 0.25) is 0 Å². The van der Waals surface area contributed by atoms with Crippen LogP contribution in [0.3, 0.4) is 0 Å². The molecule has 1 saturated carbocycles. The number of hydrogen-bond acceptors (Lipinski definition) is 3. The smallest absolute Gasteiger partial charge is 0.315 e. The molecule has 3 N–H and O–H groups in total. The van der Waals surface area contributed by atoms with Crippen LogP contribution in [0.5, 0.6) is 0 Å². The zero-order valence-corrected chi connectivity index (χ0v) is 17.6. The molecule has 0 radical (unpaired) electrons. The summed E-state index contributed by atoms with van der Waals surface area (Å²) in [5, 5.41) is 16.1. The second-order valence-electron chi connectivity index (χ2n) is 8.77. The molecule has 5 nitrogen and oxygen atoms in total. The van der Waals surface area contributed by atoms with E-state index in [1.807, 2.05) is 30.3 Å². The minimum atomic E-state index is -0.216. The van der Waals surface area contributed by atoms with Gasteiger partial charge in [-0.25, -0.2) is 4.79 Å². The van der Waals surface area contributed by atoms with Crippen molar-refractivity contribution in [3.63, 3.8) is 0 Å². The average molecular weight is 408 g/mol. The van der Waals surface area contributed by atoms with Gasteiger partial charge in [0.15, 0.2) is 0 Å². The molecule has 0 spiro atoms. The Labute approximate surface area is 179 Å². The lowest BCUT2D eigenvalue weighted by Gasteiger charge is -2.30. The molecule has 2 amide bonds. The second kappa shape index (κ2) is 10.1. The maximum Gasteiger partial charge on any atom is 0.315 e. The lowest BCUT2D eigenvalue weighted by atomic mass is 9.79. The number of benzene rings is 2. The summed E-state index contributed by atoms with van der Waals surface area (Å²) in [5.74, 6) is 0.715. The first-order valence-electron chi connectivity index (χ1n) is 11.2. The highest BCUT2D eigenvalue weighted by molar-refractivity contribution is 5.74. The van der Waals surface area contributed by atoms with E-state index in [4.69, 9.17) is 0 Å². The molecule has 1 saturated heterocycles. The van der Waals surface area contributed by atoms with E-state index in [1.165, 1.54) is 30.4 Å². The van der Waals surface area contributed by atoms with Crippen molar-refractivity contribution < 1.29 is 9.90 Å². The summed E-state index contributed by atoms with van der Waals surface area (Å²) in [7, 11) is 0. The van der Waals surface area contributed by atoms with Gasteiger partial charge >= 0.3 is 6.03 Å². The SMILES string of the molecule is O=C(NCc1ccccc1CN1CCC(O)C1)NC(CC1CCC1)c1ccccc1. The highest BCUT2D eigenvalue weighted by Gasteiger charge is 2.24. The summed E-state index contributed by atoms with van der Waals surface area (Å²) in [6.07, 6.45) is 5.47. The minimum absolute atomic E-state index is 0.0535. The normalized spacial score (nSPS) is 20.5. The van der Waals surface area contributed by atoms with Crippen molar-refractivity contribution in [2.75, 3.05) is 13.1 Å². The molecule has 2 unspecified atom stereocenters. The number of carbonyl (C=O) groups is 1. The Morgan fingerprint density at radius 3 is 2.43 bits per heavy atom. The first-order valence-corrected chi connectivity index (χ1v) is 11.2. The fourth-order valence-corrected chi connectivity index (χ4v) is 4.49. The van der Waals surface area contributed by atoms with Crippen LogP contribution >= 0.6 is 0 Å². The molecular formula is C25H33N3O2. The molecule has 5 heteroatoms. The Balaban J connectivity index is 1.34. The van der Waals surface area contributed by atoms with E-state index in [0.717, 1.165) is 38.0 Å². The predicted octanol–water partition coefficient (Wildman–Crippen LogP) is 3.98. The van der Waals surface area contributed by atoms with Crippen molar-refractivity contribution in [3.8, 4) is 0 Å². The number of β-amino-alcohol motifs (C(OH)–C–C–N with tert-alkyl or cyclic N) is 1.